The molecule has 2 heteroatoms. The van der Waals surface area contributed by atoms with Gasteiger partial charge in [-0.25, -0.2) is 0 Å². The first-order valence-electron chi connectivity index (χ1n) is 6.60. The molecule has 0 aliphatic heterocycles. The number of hydrogen-bond acceptors (Lipinski definition) is 2. The zero-order valence-electron chi connectivity index (χ0n) is 10.7. The minimum atomic E-state index is -0.466. The first-order chi connectivity index (χ1) is 8.16. The summed E-state index contributed by atoms with van der Waals surface area (Å²) in [5, 5.41) is 9.71. The summed E-state index contributed by atoms with van der Waals surface area (Å²) in [5.74, 6) is 1.61. The molecule has 0 amide bonds. The molecule has 3 atom stereocenters. The van der Waals surface area contributed by atoms with E-state index in [0.717, 1.165) is 30.1 Å². The van der Waals surface area contributed by atoms with E-state index in [0.29, 0.717) is 6.10 Å². The normalized spacial score (nSPS) is 26.5. The zero-order valence-corrected chi connectivity index (χ0v) is 10.7. The van der Waals surface area contributed by atoms with Crippen LogP contribution in [0.5, 0.6) is 5.75 Å². The summed E-state index contributed by atoms with van der Waals surface area (Å²) >= 11 is 0. The van der Waals surface area contributed by atoms with Crippen molar-refractivity contribution < 1.29 is 9.84 Å². The van der Waals surface area contributed by atoms with Gasteiger partial charge in [0.15, 0.2) is 0 Å². The second-order valence-electron chi connectivity index (χ2n) is 5.23. The van der Waals surface area contributed by atoms with E-state index >= 15 is 0 Å². The predicted molar refractivity (Wildman–Crippen MR) is 69.1 cm³/mol. The molecule has 1 aromatic rings. The maximum atomic E-state index is 9.71. The quantitative estimate of drug-likeness (QED) is 0.864. The third kappa shape index (κ3) is 3.22. The van der Waals surface area contributed by atoms with Gasteiger partial charge in [0.05, 0.1) is 12.2 Å². The summed E-state index contributed by atoms with van der Waals surface area (Å²) in [5.41, 5.74) is 0.894. The number of aliphatic hydroxyl groups excluding tert-OH is 1. The maximum Gasteiger partial charge on any atom is 0.125 e. The first-order valence-corrected chi connectivity index (χ1v) is 6.60. The highest BCUT2D eigenvalue weighted by atomic mass is 16.5. The maximum absolute atomic E-state index is 9.71. The molecular formula is C15H22O2. The number of ether oxygens (including phenoxy) is 1. The highest BCUT2D eigenvalue weighted by molar-refractivity contribution is 5.34. The van der Waals surface area contributed by atoms with Crippen LogP contribution in [-0.4, -0.2) is 11.2 Å². The lowest BCUT2D eigenvalue weighted by atomic mass is 9.88. The van der Waals surface area contributed by atoms with E-state index in [9.17, 15) is 5.11 Å². The molecule has 0 aromatic heterocycles. The Bertz CT molecular complexity index is 360. The highest BCUT2D eigenvalue weighted by Gasteiger charge is 2.21. The van der Waals surface area contributed by atoms with Crippen molar-refractivity contribution in [1.82, 2.24) is 0 Å². The summed E-state index contributed by atoms with van der Waals surface area (Å²) in [4.78, 5) is 0. The van der Waals surface area contributed by atoms with Crippen molar-refractivity contribution in [3.05, 3.63) is 29.8 Å². The molecule has 0 radical (unpaired) electrons. The van der Waals surface area contributed by atoms with Crippen molar-refractivity contribution in [2.24, 2.45) is 5.92 Å². The van der Waals surface area contributed by atoms with Crippen LogP contribution < -0.4 is 4.74 Å². The molecule has 2 rings (SSSR count). The van der Waals surface area contributed by atoms with Gasteiger partial charge in [-0.3, -0.25) is 0 Å². The Morgan fingerprint density at radius 1 is 1.29 bits per heavy atom. The standard InChI is InChI=1S/C15H22O2/c1-11-6-5-7-13(10-11)17-15-9-4-3-8-14(15)12(2)16/h3-4,8-9,11-13,16H,5-7,10H2,1-2H3/t11?,12-,13?/m0/s1. The van der Waals surface area contributed by atoms with Crippen LogP contribution in [0.4, 0.5) is 0 Å². The lowest BCUT2D eigenvalue weighted by Crippen LogP contribution is -2.24. The van der Waals surface area contributed by atoms with Crippen LogP contribution in [0.25, 0.3) is 0 Å². The Morgan fingerprint density at radius 2 is 2.06 bits per heavy atom. The summed E-state index contributed by atoms with van der Waals surface area (Å²) in [6.07, 6.45) is 4.69. The van der Waals surface area contributed by atoms with E-state index < -0.39 is 6.10 Å². The zero-order chi connectivity index (χ0) is 12.3. The molecule has 94 valence electrons. The molecule has 2 unspecified atom stereocenters. The average molecular weight is 234 g/mol. The Morgan fingerprint density at radius 3 is 2.76 bits per heavy atom. The fraction of sp³-hybridized carbons (Fsp3) is 0.600. The molecule has 1 aliphatic carbocycles. The van der Waals surface area contributed by atoms with E-state index in [4.69, 9.17) is 4.74 Å². The molecule has 0 saturated heterocycles. The van der Waals surface area contributed by atoms with Crippen LogP contribution in [0.3, 0.4) is 0 Å². The topological polar surface area (TPSA) is 29.5 Å². The molecule has 0 bridgehead atoms. The molecular weight excluding hydrogens is 212 g/mol. The third-order valence-corrected chi connectivity index (χ3v) is 3.55. The highest BCUT2D eigenvalue weighted by Crippen LogP contribution is 2.31. The number of benzene rings is 1. The fourth-order valence-corrected chi connectivity index (χ4v) is 2.60. The minimum Gasteiger partial charge on any atom is -0.490 e. The van der Waals surface area contributed by atoms with Crippen molar-refractivity contribution in [1.29, 1.82) is 0 Å². The second-order valence-corrected chi connectivity index (χ2v) is 5.23. The Hall–Kier alpha value is -1.02. The predicted octanol–water partition coefficient (Wildman–Crippen LogP) is 3.70. The summed E-state index contributed by atoms with van der Waals surface area (Å²) in [7, 11) is 0. The Labute approximate surface area is 104 Å². The van der Waals surface area contributed by atoms with Gasteiger partial charge in [0, 0.05) is 5.56 Å². The van der Waals surface area contributed by atoms with Crippen molar-refractivity contribution in [3.63, 3.8) is 0 Å². The van der Waals surface area contributed by atoms with Crippen LogP contribution in [0.1, 0.15) is 51.2 Å². The van der Waals surface area contributed by atoms with Crippen LogP contribution in [0.15, 0.2) is 24.3 Å². The minimum absolute atomic E-state index is 0.318. The lowest BCUT2D eigenvalue weighted by Gasteiger charge is -2.28. The monoisotopic (exact) mass is 234 g/mol. The molecule has 1 saturated carbocycles. The van der Waals surface area contributed by atoms with Crippen molar-refractivity contribution in [3.8, 4) is 5.75 Å². The van der Waals surface area contributed by atoms with Gasteiger partial charge in [-0.15, -0.1) is 0 Å². The van der Waals surface area contributed by atoms with Gasteiger partial charge in [0.2, 0.25) is 0 Å². The van der Waals surface area contributed by atoms with Gasteiger partial charge >= 0.3 is 0 Å². The number of hydrogen-bond donors (Lipinski definition) is 1. The van der Waals surface area contributed by atoms with Crippen molar-refractivity contribution in [2.75, 3.05) is 0 Å². The first kappa shape index (κ1) is 12.4. The number of aliphatic hydroxyl groups is 1. The Kier molecular flexibility index (Phi) is 4.06. The Balaban J connectivity index is 2.07. The van der Waals surface area contributed by atoms with E-state index in [1.807, 2.05) is 24.3 Å². The van der Waals surface area contributed by atoms with Gasteiger partial charge in [-0.1, -0.05) is 31.5 Å². The average Bonchev–Trinajstić information content (AvgIpc) is 2.29. The third-order valence-electron chi connectivity index (χ3n) is 3.55. The van der Waals surface area contributed by atoms with Gasteiger partial charge in [-0.2, -0.15) is 0 Å². The SMILES string of the molecule is CC1CCCC(Oc2ccccc2[C@H](C)O)C1. The van der Waals surface area contributed by atoms with Crippen LogP contribution >= 0.6 is 0 Å². The fourth-order valence-electron chi connectivity index (χ4n) is 2.60. The van der Waals surface area contributed by atoms with E-state index in [2.05, 4.69) is 6.92 Å². The van der Waals surface area contributed by atoms with E-state index in [1.54, 1.807) is 6.92 Å². The van der Waals surface area contributed by atoms with Crippen molar-refractivity contribution in [2.45, 2.75) is 51.7 Å². The summed E-state index contributed by atoms with van der Waals surface area (Å²) in [6.45, 7) is 4.07. The molecule has 1 fully saturated rings. The molecule has 2 nitrogen and oxygen atoms in total. The summed E-state index contributed by atoms with van der Waals surface area (Å²) in [6, 6.07) is 7.81. The molecule has 1 aromatic carbocycles. The number of rotatable bonds is 3. The van der Waals surface area contributed by atoms with Crippen LogP contribution in [-0.2, 0) is 0 Å². The van der Waals surface area contributed by atoms with Gasteiger partial charge in [-0.05, 0) is 38.2 Å². The smallest absolute Gasteiger partial charge is 0.125 e. The van der Waals surface area contributed by atoms with E-state index in [-0.39, 0.29) is 0 Å². The van der Waals surface area contributed by atoms with E-state index in [1.165, 1.54) is 12.8 Å². The van der Waals surface area contributed by atoms with Gasteiger partial charge in [0.1, 0.15) is 5.75 Å². The molecule has 0 spiro atoms. The molecule has 0 heterocycles. The largest absolute Gasteiger partial charge is 0.490 e. The van der Waals surface area contributed by atoms with Gasteiger partial charge < -0.3 is 9.84 Å². The molecule has 1 N–H and O–H groups in total. The van der Waals surface area contributed by atoms with Crippen molar-refractivity contribution >= 4 is 0 Å². The van der Waals surface area contributed by atoms with Gasteiger partial charge in [0.25, 0.3) is 0 Å². The van der Waals surface area contributed by atoms with Crippen LogP contribution in [0.2, 0.25) is 0 Å². The summed E-state index contributed by atoms with van der Waals surface area (Å²) < 4.78 is 6.06. The molecule has 17 heavy (non-hydrogen) atoms. The van der Waals surface area contributed by atoms with Crippen LogP contribution in [0, 0.1) is 5.92 Å². The molecule has 1 aliphatic rings. The second kappa shape index (κ2) is 5.54. The lowest BCUT2D eigenvalue weighted by molar-refractivity contribution is 0.121. The number of para-hydroxylation sites is 1.